The van der Waals surface area contributed by atoms with Crippen molar-refractivity contribution in [1.29, 1.82) is 0 Å². The van der Waals surface area contributed by atoms with Crippen LogP contribution in [-0.4, -0.2) is 26.5 Å². The predicted octanol–water partition coefficient (Wildman–Crippen LogP) is 1.52. The van der Waals surface area contributed by atoms with Crippen LogP contribution in [0.3, 0.4) is 0 Å². The van der Waals surface area contributed by atoms with E-state index in [2.05, 4.69) is 10.3 Å². The third-order valence-corrected chi connectivity index (χ3v) is 2.96. The Morgan fingerprint density at radius 1 is 1.25 bits per heavy atom. The zero-order chi connectivity index (χ0) is 14.4. The molecule has 0 atom stereocenters. The summed E-state index contributed by atoms with van der Waals surface area (Å²) in [5.41, 5.74) is 7.43. The average molecular weight is 275 g/mol. The SMILES string of the molecule is NCCCCc1cn(Cc2ccc([N+](=O)[O-])cc2)nn1. The quantitative estimate of drug-likeness (QED) is 0.469. The molecule has 7 heteroatoms. The second kappa shape index (κ2) is 6.76. The van der Waals surface area contributed by atoms with Crippen molar-refractivity contribution in [3.8, 4) is 0 Å². The molecule has 0 amide bonds. The maximum absolute atomic E-state index is 10.6. The highest BCUT2D eigenvalue weighted by atomic mass is 16.6. The monoisotopic (exact) mass is 275 g/mol. The summed E-state index contributed by atoms with van der Waals surface area (Å²) in [7, 11) is 0. The van der Waals surface area contributed by atoms with Crippen LogP contribution in [0, 0.1) is 10.1 Å². The smallest absolute Gasteiger partial charge is 0.269 e. The highest BCUT2D eigenvalue weighted by molar-refractivity contribution is 5.32. The lowest BCUT2D eigenvalue weighted by Gasteiger charge is -2.00. The number of rotatable bonds is 7. The first-order chi connectivity index (χ1) is 9.69. The van der Waals surface area contributed by atoms with Crippen molar-refractivity contribution in [1.82, 2.24) is 15.0 Å². The molecular formula is C13H17N5O2. The molecule has 2 rings (SSSR count). The summed E-state index contributed by atoms with van der Waals surface area (Å²) in [5, 5.41) is 18.7. The summed E-state index contributed by atoms with van der Waals surface area (Å²) in [5.74, 6) is 0. The lowest BCUT2D eigenvalue weighted by atomic mass is 10.2. The van der Waals surface area contributed by atoms with Crippen LogP contribution >= 0.6 is 0 Å². The van der Waals surface area contributed by atoms with Gasteiger partial charge in [-0.2, -0.15) is 0 Å². The minimum Gasteiger partial charge on any atom is -0.330 e. The normalized spacial score (nSPS) is 10.7. The van der Waals surface area contributed by atoms with Crippen LogP contribution in [0.25, 0.3) is 0 Å². The van der Waals surface area contributed by atoms with Crippen molar-refractivity contribution in [3.05, 3.63) is 51.8 Å². The fraction of sp³-hybridized carbons (Fsp3) is 0.385. The third kappa shape index (κ3) is 3.86. The number of hydrogen-bond acceptors (Lipinski definition) is 5. The van der Waals surface area contributed by atoms with Crippen LogP contribution in [0.5, 0.6) is 0 Å². The minimum absolute atomic E-state index is 0.0924. The first-order valence-electron chi connectivity index (χ1n) is 6.51. The number of non-ortho nitro benzene ring substituents is 1. The molecular weight excluding hydrogens is 258 g/mol. The van der Waals surface area contributed by atoms with Crippen LogP contribution in [0.2, 0.25) is 0 Å². The van der Waals surface area contributed by atoms with E-state index >= 15 is 0 Å². The van der Waals surface area contributed by atoms with Gasteiger partial charge in [0.05, 0.1) is 17.2 Å². The highest BCUT2D eigenvalue weighted by Gasteiger charge is 2.05. The zero-order valence-corrected chi connectivity index (χ0v) is 11.1. The number of benzene rings is 1. The molecule has 0 aliphatic rings. The summed E-state index contributed by atoms with van der Waals surface area (Å²) in [6, 6.07) is 6.45. The molecule has 0 fully saturated rings. The number of nitrogens with zero attached hydrogens (tertiary/aromatic N) is 4. The van der Waals surface area contributed by atoms with Gasteiger partial charge >= 0.3 is 0 Å². The Balaban J connectivity index is 1.94. The molecule has 1 aromatic carbocycles. The first kappa shape index (κ1) is 14.1. The van der Waals surface area contributed by atoms with Gasteiger partial charge in [-0.05, 0) is 31.4 Å². The van der Waals surface area contributed by atoms with E-state index in [0.29, 0.717) is 13.1 Å². The van der Waals surface area contributed by atoms with Gasteiger partial charge in [-0.3, -0.25) is 10.1 Å². The number of hydrogen-bond donors (Lipinski definition) is 1. The molecule has 0 saturated carbocycles. The Labute approximate surface area is 116 Å². The Morgan fingerprint density at radius 2 is 2.00 bits per heavy atom. The van der Waals surface area contributed by atoms with Gasteiger partial charge in [0, 0.05) is 18.3 Å². The fourth-order valence-electron chi connectivity index (χ4n) is 1.89. The molecule has 0 unspecified atom stereocenters. The van der Waals surface area contributed by atoms with E-state index in [9.17, 15) is 10.1 Å². The van der Waals surface area contributed by atoms with Gasteiger partial charge in [0.15, 0.2) is 0 Å². The van der Waals surface area contributed by atoms with Gasteiger partial charge in [0.25, 0.3) is 5.69 Å². The summed E-state index contributed by atoms with van der Waals surface area (Å²) in [6.07, 6.45) is 4.76. The second-order valence-electron chi connectivity index (χ2n) is 4.58. The topological polar surface area (TPSA) is 99.9 Å². The molecule has 7 nitrogen and oxygen atoms in total. The van der Waals surface area contributed by atoms with Crippen molar-refractivity contribution in [3.63, 3.8) is 0 Å². The number of unbranched alkanes of at least 4 members (excludes halogenated alkanes) is 1. The molecule has 1 aromatic heterocycles. The second-order valence-corrected chi connectivity index (χ2v) is 4.58. The van der Waals surface area contributed by atoms with Crippen LogP contribution in [-0.2, 0) is 13.0 Å². The molecule has 106 valence electrons. The lowest BCUT2D eigenvalue weighted by molar-refractivity contribution is -0.384. The fourth-order valence-corrected chi connectivity index (χ4v) is 1.89. The first-order valence-corrected chi connectivity index (χ1v) is 6.51. The van der Waals surface area contributed by atoms with E-state index in [1.54, 1.807) is 16.8 Å². The van der Waals surface area contributed by atoms with Crippen molar-refractivity contribution in [2.75, 3.05) is 6.54 Å². The maximum Gasteiger partial charge on any atom is 0.269 e. The van der Waals surface area contributed by atoms with Crippen molar-refractivity contribution in [2.24, 2.45) is 5.73 Å². The summed E-state index contributed by atoms with van der Waals surface area (Å²) < 4.78 is 1.74. The zero-order valence-electron chi connectivity index (χ0n) is 11.1. The van der Waals surface area contributed by atoms with E-state index in [4.69, 9.17) is 5.73 Å². The van der Waals surface area contributed by atoms with Gasteiger partial charge < -0.3 is 5.73 Å². The van der Waals surface area contributed by atoms with Crippen LogP contribution in [0.15, 0.2) is 30.5 Å². The van der Waals surface area contributed by atoms with E-state index < -0.39 is 4.92 Å². The van der Waals surface area contributed by atoms with Gasteiger partial charge in [0.1, 0.15) is 0 Å². The number of nitrogens with two attached hydrogens (primary N) is 1. The van der Waals surface area contributed by atoms with Gasteiger partial charge in [-0.15, -0.1) is 5.10 Å². The van der Waals surface area contributed by atoms with Crippen molar-refractivity contribution >= 4 is 5.69 Å². The third-order valence-electron chi connectivity index (χ3n) is 2.96. The van der Waals surface area contributed by atoms with Crippen LogP contribution in [0.1, 0.15) is 24.1 Å². The van der Waals surface area contributed by atoms with Crippen LogP contribution < -0.4 is 5.73 Å². The van der Waals surface area contributed by atoms with E-state index in [0.717, 1.165) is 30.5 Å². The Hall–Kier alpha value is -2.28. The van der Waals surface area contributed by atoms with E-state index in [1.807, 2.05) is 6.20 Å². The van der Waals surface area contributed by atoms with E-state index in [-0.39, 0.29) is 5.69 Å². The van der Waals surface area contributed by atoms with E-state index in [1.165, 1.54) is 12.1 Å². The Kier molecular flexibility index (Phi) is 4.78. The van der Waals surface area contributed by atoms with Gasteiger partial charge in [-0.1, -0.05) is 17.3 Å². The molecule has 0 radical (unpaired) electrons. The summed E-state index contributed by atoms with van der Waals surface area (Å²) in [4.78, 5) is 10.2. The molecule has 1 heterocycles. The average Bonchev–Trinajstić information content (AvgIpc) is 2.87. The summed E-state index contributed by atoms with van der Waals surface area (Å²) in [6.45, 7) is 1.25. The summed E-state index contributed by atoms with van der Waals surface area (Å²) >= 11 is 0. The molecule has 0 aliphatic carbocycles. The van der Waals surface area contributed by atoms with Gasteiger partial charge in [0.2, 0.25) is 0 Å². The lowest BCUT2D eigenvalue weighted by Crippen LogP contribution is -2.00. The molecule has 0 aliphatic heterocycles. The minimum atomic E-state index is -0.408. The number of aromatic nitrogens is 3. The number of aryl methyl sites for hydroxylation is 1. The largest absolute Gasteiger partial charge is 0.330 e. The van der Waals surface area contributed by atoms with Crippen molar-refractivity contribution in [2.45, 2.75) is 25.8 Å². The predicted molar refractivity (Wildman–Crippen MR) is 74.2 cm³/mol. The molecule has 0 bridgehead atoms. The number of nitro benzene ring substituents is 1. The molecule has 0 spiro atoms. The molecule has 2 N–H and O–H groups in total. The number of nitro groups is 1. The molecule has 20 heavy (non-hydrogen) atoms. The molecule has 2 aromatic rings. The standard InChI is InChI=1S/C13H17N5O2/c14-8-2-1-3-12-10-17(16-15-12)9-11-4-6-13(7-5-11)18(19)20/h4-7,10H,1-3,8-9,14H2. The Morgan fingerprint density at radius 3 is 2.65 bits per heavy atom. The van der Waals surface area contributed by atoms with Crippen LogP contribution in [0.4, 0.5) is 5.69 Å². The molecule has 0 saturated heterocycles. The highest BCUT2D eigenvalue weighted by Crippen LogP contribution is 2.12. The Bertz CT molecular complexity index is 564. The maximum atomic E-state index is 10.6. The van der Waals surface area contributed by atoms with Gasteiger partial charge in [-0.25, -0.2) is 4.68 Å². The van der Waals surface area contributed by atoms with Crippen molar-refractivity contribution < 1.29 is 4.92 Å².